The predicted octanol–water partition coefficient (Wildman–Crippen LogP) is 5.54. The lowest BCUT2D eigenvalue weighted by molar-refractivity contribution is 0.0387. The van der Waals surface area contributed by atoms with E-state index in [2.05, 4.69) is 0 Å². The van der Waals surface area contributed by atoms with Crippen LogP contribution in [0.25, 0.3) is 0 Å². The fourth-order valence-corrected chi connectivity index (χ4v) is 5.72. The van der Waals surface area contributed by atoms with Crippen LogP contribution < -0.4 is 11.5 Å². The molecule has 2 aliphatic carbocycles. The Morgan fingerprint density at radius 3 is 1.26 bits per heavy atom. The summed E-state index contributed by atoms with van der Waals surface area (Å²) in [6.45, 7) is 1.75. The second kappa shape index (κ2) is 10.0. The molecule has 2 saturated carbocycles. The van der Waals surface area contributed by atoms with Crippen molar-refractivity contribution in [1.82, 2.24) is 0 Å². The van der Waals surface area contributed by atoms with Gasteiger partial charge in [-0.25, -0.2) is 0 Å². The Kier molecular flexibility index (Phi) is 8.40. The molecular weight excluding hydrogens is 280 g/mol. The van der Waals surface area contributed by atoms with E-state index in [0.29, 0.717) is 10.8 Å². The molecule has 2 nitrogen and oxygen atoms in total. The average Bonchev–Trinajstić information content (AvgIpc) is 2.57. The summed E-state index contributed by atoms with van der Waals surface area (Å²) in [5, 5.41) is 0. The van der Waals surface area contributed by atoms with E-state index >= 15 is 0 Å². The van der Waals surface area contributed by atoms with E-state index in [0.717, 1.165) is 13.1 Å². The monoisotopic (exact) mass is 322 g/mol. The van der Waals surface area contributed by atoms with Gasteiger partial charge in [-0.2, -0.15) is 0 Å². The van der Waals surface area contributed by atoms with Gasteiger partial charge in [0.05, 0.1) is 0 Å². The van der Waals surface area contributed by atoms with E-state index in [1.807, 2.05) is 0 Å². The topological polar surface area (TPSA) is 52.0 Å². The molecular formula is C21H42N2. The Hall–Kier alpha value is -0.0800. The van der Waals surface area contributed by atoms with Crippen molar-refractivity contribution in [3.8, 4) is 0 Å². The Bertz CT molecular complexity index is 271. The lowest BCUT2D eigenvalue weighted by atomic mass is 9.57. The van der Waals surface area contributed by atoms with Gasteiger partial charge < -0.3 is 11.5 Å². The highest BCUT2D eigenvalue weighted by atomic mass is 14.5. The van der Waals surface area contributed by atoms with Crippen molar-refractivity contribution in [3.05, 3.63) is 0 Å². The molecule has 2 rings (SSSR count). The minimum absolute atomic E-state index is 0.660. The van der Waals surface area contributed by atoms with Gasteiger partial charge in [0.15, 0.2) is 0 Å². The molecule has 0 atom stereocenters. The van der Waals surface area contributed by atoms with Crippen molar-refractivity contribution in [2.45, 2.75) is 109 Å². The maximum Gasteiger partial charge on any atom is -0.00773 e. The van der Waals surface area contributed by atoms with Gasteiger partial charge >= 0.3 is 0 Å². The zero-order valence-corrected chi connectivity index (χ0v) is 15.6. The zero-order chi connectivity index (χ0) is 16.4. The van der Waals surface area contributed by atoms with Crippen molar-refractivity contribution < 1.29 is 0 Å². The summed E-state index contributed by atoms with van der Waals surface area (Å²) < 4.78 is 0. The normalized spacial score (nSPS) is 23.7. The summed E-state index contributed by atoms with van der Waals surface area (Å²) in [6.07, 6.45) is 24.4. The molecule has 0 spiro atoms. The molecule has 23 heavy (non-hydrogen) atoms. The van der Waals surface area contributed by atoms with Crippen molar-refractivity contribution in [3.63, 3.8) is 0 Å². The van der Waals surface area contributed by atoms with Crippen LogP contribution in [0.1, 0.15) is 109 Å². The lowest BCUT2D eigenvalue weighted by Gasteiger charge is -2.48. The third-order valence-electron chi connectivity index (χ3n) is 6.90. The molecule has 2 heteroatoms. The highest BCUT2D eigenvalue weighted by Crippen LogP contribution is 2.54. The van der Waals surface area contributed by atoms with Crippen LogP contribution in [0, 0.1) is 10.8 Å². The Morgan fingerprint density at radius 2 is 0.913 bits per heavy atom. The van der Waals surface area contributed by atoms with Crippen molar-refractivity contribution in [1.29, 1.82) is 0 Å². The van der Waals surface area contributed by atoms with Crippen molar-refractivity contribution in [2.75, 3.05) is 13.1 Å². The standard InChI is InChI=1S/C21H42N2/c22-17-9-7-15-20(11-3-1-4-12-20)19-21(16-8-10-18-23)13-5-2-6-14-21/h1-19,22-23H2. The summed E-state index contributed by atoms with van der Waals surface area (Å²) >= 11 is 0. The minimum Gasteiger partial charge on any atom is -0.330 e. The van der Waals surface area contributed by atoms with Crippen LogP contribution in [0.4, 0.5) is 0 Å². The lowest BCUT2D eigenvalue weighted by Crippen LogP contribution is -2.35. The molecule has 0 saturated heterocycles. The Morgan fingerprint density at radius 1 is 0.522 bits per heavy atom. The summed E-state index contributed by atoms with van der Waals surface area (Å²) in [5.74, 6) is 0. The molecule has 136 valence electrons. The summed E-state index contributed by atoms with van der Waals surface area (Å²) in [5.41, 5.74) is 12.9. The maximum atomic E-state index is 5.77. The van der Waals surface area contributed by atoms with Gasteiger partial charge in [0.2, 0.25) is 0 Å². The van der Waals surface area contributed by atoms with Crippen LogP contribution >= 0.6 is 0 Å². The zero-order valence-electron chi connectivity index (χ0n) is 15.6. The van der Waals surface area contributed by atoms with E-state index in [9.17, 15) is 0 Å². The van der Waals surface area contributed by atoms with E-state index in [-0.39, 0.29) is 0 Å². The first-order chi connectivity index (χ1) is 11.2. The molecule has 0 amide bonds. The highest BCUT2D eigenvalue weighted by molar-refractivity contribution is 4.93. The van der Waals surface area contributed by atoms with Gasteiger partial charge in [-0.05, 0) is 81.7 Å². The SMILES string of the molecule is NCCCCC1(CC2(CCCCN)CCCCC2)CCCCC1. The first kappa shape index (κ1) is 19.2. The van der Waals surface area contributed by atoms with E-state index in [1.165, 1.54) is 109 Å². The van der Waals surface area contributed by atoms with E-state index in [1.54, 1.807) is 0 Å². The number of unbranched alkanes of at least 4 members (excludes halogenated alkanes) is 2. The average molecular weight is 323 g/mol. The molecule has 0 heterocycles. The van der Waals surface area contributed by atoms with Crippen molar-refractivity contribution in [2.24, 2.45) is 22.3 Å². The number of hydrogen-bond acceptors (Lipinski definition) is 2. The van der Waals surface area contributed by atoms with Crippen LogP contribution in [-0.4, -0.2) is 13.1 Å². The predicted molar refractivity (Wildman–Crippen MR) is 101 cm³/mol. The first-order valence-corrected chi connectivity index (χ1v) is 10.6. The van der Waals surface area contributed by atoms with E-state index < -0.39 is 0 Å². The molecule has 0 aromatic heterocycles. The molecule has 0 unspecified atom stereocenters. The fourth-order valence-electron chi connectivity index (χ4n) is 5.72. The largest absolute Gasteiger partial charge is 0.330 e. The molecule has 0 aromatic carbocycles. The van der Waals surface area contributed by atoms with Gasteiger partial charge in [-0.1, -0.05) is 51.4 Å². The molecule has 0 bridgehead atoms. The van der Waals surface area contributed by atoms with Gasteiger partial charge in [0.25, 0.3) is 0 Å². The van der Waals surface area contributed by atoms with Crippen LogP contribution in [0.3, 0.4) is 0 Å². The smallest absolute Gasteiger partial charge is 0.00773 e. The third-order valence-corrected chi connectivity index (χ3v) is 6.90. The van der Waals surface area contributed by atoms with Crippen LogP contribution in [0.5, 0.6) is 0 Å². The van der Waals surface area contributed by atoms with Gasteiger partial charge in [-0.3, -0.25) is 0 Å². The molecule has 2 fully saturated rings. The molecule has 4 N–H and O–H groups in total. The molecule has 2 aliphatic rings. The first-order valence-electron chi connectivity index (χ1n) is 10.6. The van der Waals surface area contributed by atoms with Gasteiger partial charge in [0.1, 0.15) is 0 Å². The highest BCUT2D eigenvalue weighted by Gasteiger charge is 2.41. The van der Waals surface area contributed by atoms with E-state index in [4.69, 9.17) is 11.5 Å². The molecule has 0 radical (unpaired) electrons. The second-order valence-corrected chi connectivity index (χ2v) is 8.79. The number of nitrogens with two attached hydrogens (primary N) is 2. The Labute approximate surface area is 145 Å². The van der Waals surface area contributed by atoms with Crippen LogP contribution in [-0.2, 0) is 0 Å². The number of rotatable bonds is 10. The van der Waals surface area contributed by atoms with Crippen LogP contribution in [0.2, 0.25) is 0 Å². The summed E-state index contributed by atoms with van der Waals surface area (Å²) in [4.78, 5) is 0. The maximum absolute atomic E-state index is 5.77. The fraction of sp³-hybridized carbons (Fsp3) is 1.00. The van der Waals surface area contributed by atoms with Gasteiger partial charge in [0, 0.05) is 0 Å². The van der Waals surface area contributed by atoms with Gasteiger partial charge in [-0.15, -0.1) is 0 Å². The third kappa shape index (κ3) is 6.05. The summed E-state index contributed by atoms with van der Waals surface area (Å²) in [6, 6.07) is 0. The minimum atomic E-state index is 0.660. The summed E-state index contributed by atoms with van der Waals surface area (Å²) in [7, 11) is 0. The molecule has 0 aromatic rings. The number of hydrogen-bond donors (Lipinski definition) is 2. The molecule has 0 aliphatic heterocycles. The quantitative estimate of drug-likeness (QED) is 0.519. The second-order valence-electron chi connectivity index (χ2n) is 8.79. The van der Waals surface area contributed by atoms with Crippen molar-refractivity contribution >= 4 is 0 Å². The van der Waals surface area contributed by atoms with Crippen LogP contribution in [0.15, 0.2) is 0 Å². The Balaban J connectivity index is 2.02.